The summed E-state index contributed by atoms with van der Waals surface area (Å²) in [5, 5.41) is 0.858. The summed E-state index contributed by atoms with van der Waals surface area (Å²) < 4.78 is 9.23. The molecule has 2 aliphatic rings. The lowest BCUT2D eigenvalue weighted by atomic mass is 10.2. The topological polar surface area (TPSA) is 71.7 Å². The third kappa shape index (κ3) is 3.29. The second kappa shape index (κ2) is 6.19. The van der Waals surface area contributed by atoms with Gasteiger partial charge in [-0.05, 0) is 37.2 Å². The summed E-state index contributed by atoms with van der Waals surface area (Å²) in [6.45, 7) is 7.28. The van der Waals surface area contributed by atoms with Crippen molar-refractivity contribution in [2.45, 2.75) is 19.8 Å². The predicted octanol–water partition coefficient (Wildman–Crippen LogP) is 1.43. The molecule has 0 atom stereocenters. The van der Waals surface area contributed by atoms with Crippen molar-refractivity contribution in [1.29, 1.82) is 0 Å². The van der Waals surface area contributed by atoms with E-state index in [1.165, 1.54) is 30.9 Å². The highest BCUT2D eigenvalue weighted by Crippen LogP contribution is 2.33. The largest absolute Gasteiger partial charge is 0.462 e. The van der Waals surface area contributed by atoms with E-state index in [-0.39, 0.29) is 11.8 Å². The van der Waals surface area contributed by atoms with Crippen LogP contribution in [0.25, 0.3) is 0 Å². The van der Waals surface area contributed by atoms with Gasteiger partial charge in [0, 0.05) is 32.7 Å². The lowest BCUT2D eigenvalue weighted by Gasteiger charge is -2.35. The summed E-state index contributed by atoms with van der Waals surface area (Å²) in [7, 11) is 0. The fraction of sp³-hybridized carbons (Fsp3) is 0.714. The van der Waals surface area contributed by atoms with Gasteiger partial charge < -0.3 is 15.4 Å². The van der Waals surface area contributed by atoms with E-state index in [0.717, 1.165) is 37.1 Å². The maximum atomic E-state index is 12.0. The third-order valence-electron chi connectivity index (χ3n) is 4.05. The first-order valence-electron chi connectivity index (χ1n) is 7.58. The van der Waals surface area contributed by atoms with Crippen molar-refractivity contribution in [2.24, 2.45) is 5.92 Å². The third-order valence-corrected chi connectivity index (χ3v) is 4.98. The number of aromatic nitrogens is 1. The van der Waals surface area contributed by atoms with Crippen LogP contribution in [0.4, 0.5) is 10.8 Å². The fourth-order valence-corrected chi connectivity index (χ4v) is 3.56. The van der Waals surface area contributed by atoms with Crippen LogP contribution in [0.15, 0.2) is 0 Å². The van der Waals surface area contributed by atoms with Crippen LogP contribution in [-0.4, -0.2) is 54.6 Å². The van der Waals surface area contributed by atoms with Gasteiger partial charge in [0.25, 0.3) is 0 Å². The normalized spacial score (nSPS) is 19.8. The molecule has 21 heavy (non-hydrogen) atoms. The molecule has 0 spiro atoms. The Kier molecular flexibility index (Phi) is 4.30. The van der Waals surface area contributed by atoms with Crippen molar-refractivity contribution in [3.63, 3.8) is 0 Å². The molecule has 7 heteroatoms. The summed E-state index contributed by atoms with van der Waals surface area (Å²) in [4.78, 5) is 16.8. The van der Waals surface area contributed by atoms with Gasteiger partial charge in [-0.15, -0.1) is 0 Å². The van der Waals surface area contributed by atoms with Crippen molar-refractivity contribution in [2.75, 3.05) is 50.0 Å². The second-order valence-electron chi connectivity index (χ2n) is 5.70. The fourth-order valence-electron chi connectivity index (χ4n) is 2.70. The van der Waals surface area contributed by atoms with Gasteiger partial charge in [-0.1, -0.05) is 0 Å². The summed E-state index contributed by atoms with van der Waals surface area (Å²) in [6, 6.07) is 0. The van der Waals surface area contributed by atoms with Crippen LogP contribution < -0.4 is 10.6 Å². The van der Waals surface area contributed by atoms with Crippen molar-refractivity contribution >= 4 is 28.3 Å². The smallest absolute Gasteiger partial charge is 0.345 e. The zero-order valence-electron chi connectivity index (χ0n) is 12.4. The Bertz CT molecular complexity index is 507. The number of esters is 1. The predicted molar refractivity (Wildman–Crippen MR) is 83.9 cm³/mol. The Morgan fingerprint density at radius 1 is 1.38 bits per heavy atom. The van der Waals surface area contributed by atoms with E-state index in [4.69, 9.17) is 10.5 Å². The molecular formula is C14H22N4O2S. The van der Waals surface area contributed by atoms with Gasteiger partial charge in [0.05, 0.1) is 6.61 Å². The highest BCUT2D eigenvalue weighted by atomic mass is 32.1. The van der Waals surface area contributed by atoms with E-state index < -0.39 is 0 Å². The number of hydrogen-bond donors (Lipinski definition) is 1. The van der Waals surface area contributed by atoms with Gasteiger partial charge in [-0.25, -0.2) is 4.79 Å². The lowest BCUT2D eigenvalue weighted by Crippen LogP contribution is -2.47. The van der Waals surface area contributed by atoms with Crippen LogP contribution in [0.1, 0.15) is 30.1 Å². The van der Waals surface area contributed by atoms with Crippen molar-refractivity contribution in [3.05, 3.63) is 5.56 Å². The maximum absolute atomic E-state index is 12.0. The van der Waals surface area contributed by atoms with E-state index in [9.17, 15) is 4.79 Å². The Balaban J connectivity index is 1.65. The summed E-state index contributed by atoms with van der Waals surface area (Å²) in [5.41, 5.74) is 6.28. The first kappa shape index (κ1) is 14.6. The minimum atomic E-state index is -0.362. The summed E-state index contributed by atoms with van der Waals surface area (Å²) >= 11 is 1.30. The standard InChI is InChI=1S/C14H22N4O2S/c1-2-20-14(19)11-12(15)16-21-13(11)18-7-5-17(6-8-18)9-10-3-4-10/h10H,2-9H2,1H3,(H2,15,16). The molecule has 0 aromatic carbocycles. The first-order chi connectivity index (χ1) is 10.2. The van der Waals surface area contributed by atoms with Gasteiger partial charge in [-0.2, -0.15) is 4.37 Å². The highest BCUT2D eigenvalue weighted by molar-refractivity contribution is 7.11. The summed E-state index contributed by atoms with van der Waals surface area (Å²) in [5.74, 6) is 0.846. The van der Waals surface area contributed by atoms with Crippen LogP contribution >= 0.6 is 11.5 Å². The number of nitrogens with two attached hydrogens (primary N) is 1. The number of nitrogen functional groups attached to an aromatic ring is 1. The number of hydrogen-bond acceptors (Lipinski definition) is 7. The van der Waals surface area contributed by atoms with Gasteiger partial charge in [0.15, 0.2) is 5.82 Å². The first-order valence-corrected chi connectivity index (χ1v) is 8.36. The Morgan fingerprint density at radius 3 is 2.71 bits per heavy atom. The number of carbonyl (C=O) groups is 1. The van der Waals surface area contributed by atoms with E-state index in [2.05, 4.69) is 14.2 Å². The van der Waals surface area contributed by atoms with E-state index in [1.807, 2.05) is 0 Å². The number of rotatable bonds is 5. The molecule has 2 N–H and O–H groups in total. The SMILES string of the molecule is CCOC(=O)c1c(N)nsc1N1CCN(CC2CC2)CC1. The maximum Gasteiger partial charge on any atom is 0.345 e. The second-order valence-corrected chi connectivity index (χ2v) is 6.45. The number of piperazine rings is 1. The Hall–Kier alpha value is -1.34. The average molecular weight is 310 g/mol. The molecule has 0 bridgehead atoms. The van der Waals surface area contributed by atoms with E-state index in [0.29, 0.717) is 12.2 Å². The van der Waals surface area contributed by atoms with Crippen molar-refractivity contribution in [3.8, 4) is 0 Å². The molecule has 0 amide bonds. The highest BCUT2D eigenvalue weighted by Gasteiger charge is 2.29. The lowest BCUT2D eigenvalue weighted by molar-refractivity contribution is 0.0528. The molecule has 1 aromatic heterocycles. The van der Waals surface area contributed by atoms with Crippen LogP contribution in [0, 0.1) is 5.92 Å². The number of nitrogens with zero attached hydrogens (tertiary/aromatic N) is 3. The summed E-state index contributed by atoms with van der Waals surface area (Å²) in [6.07, 6.45) is 2.77. The molecule has 6 nitrogen and oxygen atoms in total. The monoisotopic (exact) mass is 310 g/mol. The molecule has 2 heterocycles. The Labute approximate surface area is 129 Å². The molecular weight excluding hydrogens is 288 g/mol. The zero-order chi connectivity index (χ0) is 14.8. The number of carbonyl (C=O) groups excluding carboxylic acids is 1. The van der Waals surface area contributed by atoms with Gasteiger partial charge in [-0.3, -0.25) is 4.90 Å². The average Bonchev–Trinajstić information content (AvgIpc) is 3.20. The molecule has 3 rings (SSSR count). The Morgan fingerprint density at radius 2 is 2.10 bits per heavy atom. The number of ether oxygens (including phenoxy) is 1. The molecule has 1 aromatic rings. The van der Waals surface area contributed by atoms with Crippen molar-refractivity contribution < 1.29 is 9.53 Å². The molecule has 1 aliphatic heterocycles. The molecule has 0 radical (unpaired) electrons. The van der Waals surface area contributed by atoms with Crippen LogP contribution in [-0.2, 0) is 4.74 Å². The quantitative estimate of drug-likeness (QED) is 0.830. The zero-order valence-corrected chi connectivity index (χ0v) is 13.2. The molecule has 1 saturated carbocycles. The van der Waals surface area contributed by atoms with E-state index >= 15 is 0 Å². The van der Waals surface area contributed by atoms with Crippen LogP contribution in [0.2, 0.25) is 0 Å². The van der Waals surface area contributed by atoms with Gasteiger partial charge >= 0.3 is 5.97 Å². The van der Waals surface area contributed by atoms with Crippen molar-refractivity contribution in [1.82, 2.24) is 9.27 Å². The molecule has 2 fully saturated rings. The minimum absolute atomic E-state index is 0.286. The van der Waals surface area contributed by atoms with Gasteiger partial charge in [0.1, 0.15) is 10.6 Å². The molecule has 116 valence electrons. The van der Waals surface area contributed by atoms with Crippen LogP contribution in [0.3, 0.4) is 0 Å². The number of anilines is 2. The van der Waals surface area contributed by atoms with Gasteiger partial charge in [0.2, 0.25) is 0 Å². The molecule has 1 aliphatic carbocycles. The minimum Gasteiger partial charge on any atom is -0.462 e. The van der Waals surface area contributed by atoms with Crippen LogP contribution in [0.5, 0.6) is 0 Å². The molecule has 0 unspecified atom stereocenters. The van der Waals surface area contributed by atoms with E-state index in [1.54, 1.807) is 6.92 Å². The molecule has 1 saturated heterocycles.